The van der Waals surface area contributed by atoms with Gasteiger partial charge >= 0.3 is 0 Å². The summed E-state index contributed by atoms with van der Waals surface area (Å²) in [5, 5.41) is 0. The Morgan fingerprint density at radius 2 is 1.89 bits per heavy atom. The molecule has 3 rings (SSSR count). The van der Waals surface area contributed by atoms with E-state index in [9.17, 15) is 9.59 Å². The van der Waals surface area contributed by atoms with Crippen molar-refractivity contribution in [2.24, 2.45) is 29.4 Å². The molecule has 2 saturated carbocycles. The van der Waals surface area contributed by atoms with Gasteiger partial charge in [0, 0.05) is 18.5 Å². The van der Waals surface area contributed by atoms with Crippen molar-refractivity contribution in [3.05, 3.63) is 0 Å². The molecule has 0 unspecified atom stereocenters. The molecule has 2 amide bonds. The summed E-state index contributed by atoms with van der Waals surface area (Å²) in [4.78, 5) is 26.1. The molecule has 5 atom stereocenters. The van der Waals surface area contributed by atoms with Crippen LogP contribution in [-0.2, 0) is 9.59 Å². The standard InChI is InChI=1S/C15H24N2O2/c1-9-2-4-12(14(16)18)8-17(9)15(19)13-7-10-3-5-11(13)6-10/h9-13H,2-8H2,1H3,(H2,16,18)/t9-,10+,11+,12+,13-/m1/s1. The van der Waals surface area contributed by atoms with E-state index in [4.69, 9.17) is 5.73 Å². The molecule has 1 saturated heterocycles. The minimum atomic E-state index is -0.252. The topological polar surface area (TPSA) is 63.4 Å². The molecule has 2 N–H and O–H groups in total. The number of likely N-dealkylation sites (tertiary alicyclic amines) is 1. The molecule has 4 heteroatoms. The number of hydrogen-bond donors (Lipinski definition) is 1. The number of carbonyl (C=O) groups excluding carboxylic acids is 2. The Hall–Kier alpha value is -1.06. The molecule has 1 heterocycles. The van der Waals surface area contributed by atoms with Crippen LogP contribution in [0.4, 0.5) is 0 Å². The Morgan fingerprint density at radius 3 is 2.47 bits per heavy atom. The highest BCUT2D eigenvalue weighted by Gasteiger charge is 2.46. The monoisotopic (exact) mass is 264 g/mol. The fourth-order valence-corrected chi connectivity index (χ4v) is 4.41. The molecular formula is C15H24N2O2. The second kappa shape index (κ2) is 4.80. The largest absolute Gasteiger partial charge is 0.369 e. The molecule has 4 nitrogen and oxygen atoms in total. The van der Waals surface area contributed by atoms with Crippen molar-refractivity contribution in [1.82, 2.24) is 4.90 Å². The second-order valence-electron chi connectivity index (χ2n) is 6.80. The minimum Gasteiger partial charge on any atom is -0.369 e. The minimum absolute atomic E-state index is 0.140. The lowest BCUT2D eigenvalue weighted by molar-refractivity contribution is -0.143. The maximum absolute atomic E-state index is 12.7. The summed E-state index contributed by atoms with van der Waals surface area (Å²) in [7, 11) is 0. The molecule has 19 heavy (non-hydrogen) atoms. The van der Waals surface area contributed by atoms with Crippen molar-refractivity contribution >= 4 is 11.8 Å². The second-order valence-corrected chi connectivity index (χ2v) is 6.80. The van der Waals surface area contributed by atoms with E-state index in [-0.39, 0.29) is 23.8 Å². The third kappa shape index (κ3) is 2.26. The Bertz CT molecular complexity index is 396. The average molecular weight is 264 g/mol. The van der Waals surface area contributed by atoms with E-state index in [0.717, 1.165) is 25.2 Å². The zero-order valence-corrected chi connectivity index (χ0v) is 11.7. The Kier molecular flexibility index (Phi) is 3.27. The maximum Gasteiger partial charge on any atom is 0.226 e. The van der Waals surface area contributed by atoms with Gasteiger partial charge in [-0.2, -0.15) is 0 Å². The van der Waals surface area contributed by atoms with Crippen LogP contribution >= 0.6 is 0 Å². The fourth-order valence-electron chi connectivity index (χ4n) is 4.41. The molecule has 0 aromatic carbocycles. The third-order valence-electron chi connectivity index (χ3n) is 5.62. The Labute approximate surface area is 114 Å². The van der Waals surface area contributed by atoms with Gasteiger partial charge in [0.2, 0.25) is 11.8 Å². The molecule has 2 bridgehead atoms. The van der Waals surface area contributed by atoms with Gasteiger partial charge < -0.3 is 10.6 Å². The van der Waals surface area contributed by atoms with Crippen LogP contribution in [0.25, 0.3) is 0 Å². The predicted molar refractivity (Wildman–Crippen MR) is 72.0 cm³/mol. The summed E-state index contributed by atoms with van der Waals surface area (Å²) in [5.74, 6) is 1.53. The first-order chi connectivity index (χ1) is 9.06. The number of fused-ring (bicyclic) bond motifs is 2. The van der Waals surface area contributed by atoms with Crippen LogP contribution in [0.15, 0.2) is 0 Å². The Morgan fingerprint density at radius 1 is 1.11 bits per heavy atom. The normalized spacial score (nSPS) is 41.5. The van der Waals surface area contributed by atoms with Gasteiger partial charge in [0.15, 0.2) is 0 Å². The number of amides is 2. The van der Waals surface area contributed by atoms with Gasteiger partial charge in [-0.25, -0.2) is 0 Å². The molecule has 106 valence electrons. The molecule has 3 aliphatic rings. The highest BCUT2D eigenvalue weighted by atomic mass is 16.2. The highest BCUT2D eigenvalue weighted by molar-refractivity contribution is 5.82. The van der Waals surface area contributed by atoms with Crippen LogP contribution in [0.3, 0.4) is 0 Å². The van der Waals surface area contributed by atoms with Gasteiger partial charge in [0.25, 0.3) is 0 Å². The summed E-state index contributed by atoms with van der Waals surface area (Å²) in [5.41, 5.74) is 5.41. The summed E-state index contributed by atoms with van der Waals surface area (Å²) in [6.07, 6.45) is 6.60. The number of carbonyl (C=O) groups is 2. The maximum atomic E-state index is 12.7. The van der Waals surface area contributed by atoms with E-state index < -0.39 is 0 Å². The van der Waals surface area contributed by atoms with E-state index in [1.807, 2.05) is 4.90 Å². The van der Waals surface area contributed by atoms with E-state index in [1.165, 1.54) is 19.3 Å². The first kappa shape index (κ1) is 12.9. The average Bonchev–Trinajstić information content (AvgIpc) is 3.00. The van der Waals surface area contributed by atoms with Crippen LogP contribution in [0.5, 0.6) is 0 Å². The van der Waals surface area contributed by atoms with E-state index in [1.54, 1.807) is 0 Å². The van der Waals surface area contributed by atoms with Gasteiger partial charge in [-0.05, 0) is 50.9 Å². The quantitative estimate of drug-likeness (QED) is 0.822. The highest BCUT2D eigenvalue weighted by Crippen LogP contribution is 2.49. The SMILES string of the molecule is C[C@@H]1CC[C@H](C(N)=O)CN1C(=O)[C@@H]1C[C@H]2CC[C@H]1C2. The fraction of sp³-hybridized carbons (Fsp3) is 0.867. The number of primary amides is 1. The van der Waals surface area contributed by atoms with Crippen LogP contribution in [0.1, 0.15) is 45.4 Å². The zero-order chi connectivity index (χ0) is 13.6. The summed E-state index contributed by atoms with van der Waals surface area (Å²) < 4.78 is 0. The van der Waals surface area contributed by atoms with E-state index in [0.29, 0.717) is 18.4 Å². The molecule has 0 aromatic heterocycles. The molecule has 2 aliphatic carbocycles. The summed E-state index contributed by atoms with van der Waals surface area (Å²) >= 11 is 0. The summed E-state index contributed by atoms with van der Waals surface area (Å²) in [6, 6.07) is 0.266. The Balaban J connectivity index is 1.69. The van der Waals surface area contributed by atoms with Gasteiger partial charge in [0.1, 0.15) is 0 Å². The predicted octanol–water partition coefficient (Wildman–Crippen LogP) is 1.53. The molecule has 0 aromatic rings. The zero-order valence-electron chi connectivity index (χ0n) is 11.7. The van der Waals surface area contributed by atoms with Crippen molar-refractivity contribution in [2.45, 2.75) is 51.5 Å². The van der Waals surface area contributed by atoms with Crippen LogP contribution in [0.2, 0.25) is 0 Å². The van der Waals surface area contributed by atoms with E-state index in [2.05, 4.69) is 6.92 Å². The number of nitrogens with zero attached hydrogens (tertiary/aromatic N) is 1. The first-order valence-electron chi connectivity index (χ1n) is 7.66. The van der Waals surface area contributed by atoms with Gasteiger partial charge in [-0.1, -0.05) is 6.42 Å². The number of piperidine rings is 1. The number of nitrogens with two attached hydrogens (primary N) is 1. The van der Waals surface area contributed by atoms with Crippen molar-refractivity contribution in [3.8, 4) is 0 Å². The molecule has 0 radical (unpaired) electrons. The smallest absolute Gasteiger partial charge is 0.226 e. The van der Waals surface area contributed by atoms with Crippen molar-refractivity contribution in [1.29, 1.82) is 0 Å². The van der Waals surface area contributed by atoms with Crippen molar-refractivity contribution < 1.29 is 9.59 Å². The number of rotatable bonds is 2. The lowest BCUT2D eigenvalue weighted by Gasteiger charge is -2.39. The van der Waals surface area contributed by atoms with E-state index >= 15 is 0 Å². The third-order valence-corrected chi connectivity index (χ3v) is 5.62. The molecular weight excluding hydrogens is 240 g/mol. The molecule has 0 spiro atoms. The van der Waals surface area contributed by atoms with Crippen molar-refractivity contribution in [2.75, 3.05) is 6.54 Å². The lowest BCUT2D eigenvalue weighted by Crippen LogP contribution is -2.51. The van der Waals surface area contributed by atoms with Crippen LogP contribution in [0, 0.1) is 23.7 Å². The van der Waals surface area contributed by atoms with Gasteiger partial charge in [0.05, 0.1) is 5.92 Å². The van der Waals surface area contributed by atoms with Gasteiger partial charge in [-0.15, -0.1) is 0 Å². The molecule has 1 aliphatic heterocycles. The lowest BCUT2D eigenvalue weighted by atomic mass is 9.85. The number of hydrogen-bond acceptors (Lipinski definition) is 2. The van der Waals surface area contributed by atoms with Crippen LogP contribution < -0.4 is 5.73 Å². The van der Waals surface area contributed by atoms with Crippen LogP contribution in [-0.4, -0.2) is 29.3 Å². The van der Waals surface area contributed by atoms with Crippen molar-refractivity contribution in [3.63, 3.8) is 0 Å². The van der Waals surface area contributed by atoms with Gasteiger partial charge in [-0.3, -0.25) is 9.59 Å². The molecule has 3 fully saturated rings. The summed E-state index contributed by atoms with van der Waals surface area (Å²) in [6.45, 7) is 2.64. The first-order valence-corrected chi connectivity index (χ1v) is 7.66.